The SMILES string of the molecule is CC(C)(O)C(=O)N1CC=C(c2ccc(NC(=O)N3Cc4ccccc4C3)c(F)c2F)CC1. The predicted molar refractivity (Wildman–Crippen MR) is 117 cm³/mol. The van der Waals surface area contributed by atoms with Gasteiger partial charge < -0.3 is 20.2 Å². The lowest BCUT2D eigenvalue weighted by Crippen LogP contribution is -2.46. The molecule has 4 rings (SSSR count). The van der Waals surface area contributed by atoms with Gasteiger partial charge in [0, 0.05) is 31.7 Å². The van der Waals surface area contributed by atoms with E-state index < -0.39 is 29.2 Å². The Balaban J connectivity index is 1.46. The zero-order valence-electron chi connectivity index (χ0n) is 18.0. The fraction of sp³-hybridized carbons (Fsp3) is 0.333. The van der Waals surface area contributed by atoms with Crippen molar-refractivity contribution in [3.05, 3.63) is 70.8 Å². The van der Waals surface area contributed by atoms with Crippen LogP contribution >= 0.6 is 0 Å². The summed E-state index contributed by atoms with van der Waals surface area (Å²) in [4.78, 5) is 27.8. The Labute approximate surface area is 185 Å². The summed E-state index contributed by atoms with van der Waals surface area (Å²) in [6.45, 7) is 4.15. The number of hydrogen-bond acceptors (Lipinski definition) is 3. The van der Waals surface area contributed by atoms with Gasteiger partial charge in [-0.25, -0.2) is 13.6 Å². The number of anilines is 1. The highest BCUT2D eigenvalue weighted by atomic mass is 19.2. The summed E-state index contributed by atoms with van der Waals surface area (Å²) in [5.41, 5.74) is 1.04. The first kappa shape index (κ1) is 22.0. The van der Waals surface area contributed by atoms with E-state index in [1.54, 1.807) is 6.08 Å². The lowest BCUT2D eigenvalue weighted by atomic mass is 9.97. The molecule has 0 aliphatic carbocycles. The zero-order chi connectivity index (χ0) is 23.0. The maximum atomic E-state index is 14.8. The topological polar surface area (TPSA) is 72.9 Å². The van der Waals surface area contributed by atoms with E-state index in [-0.39, 0.29) is 17.8 Å². The molecule has 2 heterocycles. The van der Waals surface area contributed by atoms with Crippen molar-refractivity contribution in [2.24, 2.45) is 0 Å². The van der Waals surface area contributed by atoms with Gasteiger partial charge in [-0.1, -0.05) is 30.3 Å². The molecule has 0 aromatic heterocycles. The Kier molecular flexibility index (Phi) is 5.73. The van der Waals surface area contributed by atoms with Crippen LogP contribution in [0.4, 0.5) is 19.3 Å². The smallest absolute Gasteiger partial charge is 0.322 e. The van der Waals surface area contributed by atoms with Crippen molar-refractivity contribution in [2.75, 3.05) is 18.4 Å². The number of fused-ring (bicyclic) bond motifs is 1. The van der Waals surface area contributed by atoms with Crippen LogP contribution in [0.15, 0.2) is 42.5 Å². The van der Waals surface area contributed by atoms with Crippen molar-refractivity contribution in [3.63, 3.8) is 0 Å². The van der Waals surface area contributed by atoms with E-state index in [9.17, 15) is 23.5 Å². The summed E-state index contributed by atoms with van der Waals surface area (Å²) in [5.74, 6) is -2.58. The predicted octanol–water partition coefficient (Wildman–Crippen LogP) is 3.90. The number of nitrogens with one attached hydrogen (secondary N) is 1. The molecular formula is C24H25F2N3O3. The second kappa shape index (κ2) is 8.35. The maximum absolute atomic E-state index is 14.8. The number of carbonyl (C=O) groups is 2. The minimum absolute atomic E-state index is 0.101. The van der Waals surface area contributed by atoms with Gasteiger partial charge in [-0.15, -0.1) is 0 Å². The molecule has 0 unspecified atom stereocenters. The van der Waals surface area contributed by atoms with Crippen LogP contribution in [-0.4, -0.2) is 45.5 Å². The molecule has 0 saturated heterocycles. The molecule has 2 aromatic rings. The van der Waals surface area contributed by atoms with Crippen molar-refractivity contribution in [1.29, 1.82) is 0 Å². The minimum atomic E-state index is -1.49. The number of nitrogens with zero attached hydrogens (tertiary/aromatic N) is 2. The molecule has 2 aliphatic rings. The molecule has 0 bridgehead atoms. The molecule has 168 valence electrons. The summed E-state index contributed by atoms with van der Waals surface area (Å²) in [6, 6.07) is 9.96. The molecule has 2 aliphatic heterocycles. The minimum Gasteiger partial charge on any atom is -0.381 e. The van der Waals surface area contributed by atoms with Crippen molar-refractivity contribution in [3.8, 4) is 0 Å². The molecule has 32 heavy (non-hydrogen) atoms. The normalized spacial score (nSPS) is 16.0. The summed E-state index contributed by atoms with van der Waals surface area (Å²) in [5, 5.41) is 12.3. The maximum Gasteiger partial charge on any atom is 0.322 e. The molecule has 0 radical (unpaired) electrons. The molecule has 0 saturated carbocycles. The second-order valence-electron chi connectivity index (χ2n) is 8.63. The van der Waals surface area contributed by atoms with Crippen molar-refractivity contribution >= 4 is 23.2 Å². The van der Waals surface area contributed by atoms with Crippen LogP contribution in [0.5, 0.6) is 0 Å². The van der Waals surface area contributed by atoms with E-state index in [0.29, 0.717) is 31.6 Å². The van der Waals surface area contributed by atoms with E-state index >= 15 is 0 Å². The van der Waals surface area contributed by atoms with Gasteiger partial charge in [-0.2, -0.15) is 0 Å². The third kappa shape index (κ3) is 4.23. The van der Waals surface area contributed by atoms with E-state index in [1.807, 2.05) is 24.3 Å². The molecule has 0 spiro atoms. The van der Waals surface area contributed by atoms with Crippen LogP contribution in [0, 0.1) is 11.6 Å². The van der Waals surface area contributed by atoms with E-state index in [4.69, 9.17) is 0 Å². The van der Waals surface area contributed by atoms with Gasteiger partial charge in [0.25, 0.3) is 5.91 Å². The van der Waals surface area contributed by atoms with Crippen LogP contribution in [0.3, 0.4) is 0 Å². The van der Waals surface area contributed by atoms with Crippen LogP contribution in [0.2, 0.25) is 0 Å². The van der Waals surface area contributed by atoms with E-state index in [1.165, 1.54) is 35.8 Å². The molecule has 8 heteroatoms. The largest absolute Gasteiger partial charge is 0.381 e. The van der Waals surface area contributed by atoms with Gasteiger partial charge in [0.1, 0.15) is 5.60 Å². The van der Waals surface area contributed by atoms with Crippen molar-refractivity contribution in [2.45, 2.75) is 39.0 Å². The number of benzene rings is 2. The number of rotatable bonds is 3. The number of urea groups is 1. The van der Waals surface area contributed by atoms with Crippen LogP contribution in [0.25, 0.3) is 5.57 Å². The highest BCUT2D eigenvalue weighted by molar-refractivity contribution is 5.90. The lowest BCUT2D eigenvalue weighted by molar-refractivity contribution is -0.147. The second-order valence-corrected chi connectivity index (χ2v) is 8.63. The fourth-order valence-corrected chi connectivity index (χ4v) is 4.05. The first-order valence-electron chi connectivity index (χ1n) is 10.5. The Morgan fingerprint density at radius 3 is 2.22 bits per heavy atom. The third-order valence-corrected chi connectivity index (χ3v) is 5.82. The first-order valence-corrected chi connectivity index (χ1v) is 10.5. The molecule has 2 N–H and O–H groups in total. The molecule has 0 atom stereocenters. The highest BCUT2D eigenvalue weighted by Gasteiger charge is 2.31. The quantitative estimate of drug-likeness (QED) is 0.759. The Bertz CT molecular complexity index is 1080. The van der Waals surface area contributed by atoms with Crippen molar-refractivity contribution in [1.82, 2.24) is 9.80 Å². The summed E-state index contributed by atoms with van der Waals surface area (Å²) < 4.78 is 29.6. The van der Waals surface area contributed by atoms with Crippen LogP contribution in [0.1, 0.15) is 37.0 Å². The van der Waals surface area contributed by atoms with Crippen LogP contribution in [-0.2, 0) is 17.9 Å². The average Bonchev–Trinajstić information content (AvgIpc) is 3.21. The number of halogens is 2. The summed E-state index contributed by atoms with van der Waals surface area (Å²) in [6.07, 6.45) is 1.99. The summed E-state index contributed by atoms with van der Waals surface area (Å²) in [7, 11) is 0. The molecule has 0 fully saturated rings. The summed E-state index contributed by atoms with van der Waals surface area (Å²) >= 11 is 0. The van der Waals surface area contributed by atoms with Crippen molar-refractivity contribution < 1.29 is 23.5 Å². The molecule has 2 aromatic carbocycles. The molecule has 3 amide bonds. The first-order chi connectivity index (χ1) is 15.1. The fourth-order valence-electron chi connectivity index (χ4n) is 4.05. The average molecular weight is 441 g/mol. The Hall–Kier alpha value is -3.26. The monoisotopic (exact) mass is 441 g/mol. The number of carbonyl (C=O) groups excluding carboxylic acids is 2. The standard InChI is InChI=1S/C24H25F2N3O3/c1-24(2,32)22(30)28-11-9-15(10-12-28)18-7-8-19(21(26)20(18)25)27-23(31)29-13-16-5-3-4-6-17(16)14-29/h3-9,32H,10-14H2,1-2H3,(H,27,31). The van der Waals surface area contributed by atoms with E-state index in [2.05, 4.69) is 5.32 Å². The van der Waals surface area contributed by atoms with Gasteiger partial charge in [0.05, 0.1) is 5.69 Å². The highest BCUT2D eigenvalue weighted by Crippen LogP contribution is 2.30. The van der Waals surface area contributed by atoms with Gasteiger partial charge in [0.2, 0.25) is 0 Å². The van der Waals surface area contributed by atoms with Gasteiger partial charge in [-0.05, 0) is 49.1 Å². The third-order valence-electron chi connectivity index (χ3n) is 5.82. The molecular weight excluding hydrogens is 416 g/mol. The van der Waals surface area contributed by atoms with Gasteiger partial charge >= 0.3 is 6.03 Å². The zero-order valence-corrected chi connectivity index (χ0v) is 18.0. The lowest BCUT2D eigenvalue weighted by Gasteiger charge is -2.31. The number of hydrogen-bond donors (Lipinski definition) is 2. The Morgan fingerprint density at radius 1 is 1.00 bits per heavy atom. The number of amides is 3. The molecule has 6 nitrogen and oxygen atoms in total. The van der Waals surface area contributed by atoms with E-state index in [0.717, 1.165) is 11.1 Å². The van der Waals surface area contributed by atoms with Gasteiger partial charge in [-0.3, -0.25) is 4.79 Å². The Morgan fingerprint density at radius 2 is 1.66 bits per heavy atom. The van der Waals surface area contributed by atoms with Gasteiger partial charge in [0.15, 0.2) is 11.6 Å². The number of aliphatic hydroxyl groups is 1. The van der Waals surface area contributed by atoms with Crippen LogP contribution < -0.4 is 5.32 Å².